The highest BCUT2D eigenvalue weighted by Gasteiger charge is 2.24. The summed E-state index contributed by atoms with van der Waals surface area (Å²) in [5, 5.41) is 3.03. The predicted octanol–water partition coefficient (Wildman–Crippen LogP) is 3.55. The van der Waals surface area contributed by atoms with E-state index in [1.54, 1.807) is 14.0 Å². The molecule has 0 saturated carbocycles. The molecule has 1 saturated heterocycles. The van der Waals surface area contributed by atoms with Crippen molar-refractivity contribution in [3.05, 3.63) is 59.7 Å². The summed E-state index contributed by atoms with van der Waals surface area (Å²) in [4.78, 5) is 25.9. The fourth-order valence-corrected chi connectivity index (χ4v) is 3.84. The maximum Gasteiger partial charge on any atom is 0.258 e. The highest BCUT2D eigenvalue weighted by molar-refractivity contribution is 5.77. The van der Waals surface area contributed by atoms with Crippen molar-refractivity contribution in [3.8, 4) is 11.5 Å². The number of aryl methyl sites for hydroxylation is 1. The third-order valence-corrected chi connectivity index (χ3v) is 5.61. The van der Waals surface area contributed by atoms with Gasteiger partial charge in [-0.15, -0.1) is 0 Å². The standard InChI is InChI=1S/C25H32N2O4/c1-19(28)8-9-20-10-12-22(13-11-20)31-18-25(29)26-17-24(27-14-3-4-15-27)21-6-5-7-23(16-21)30-2/h5-7,10-13,16,24H,3-4,8-9,14-15,17-18H2,1-2H3,(H,26,29). The quantitative estimate of drug-likeness (QED) is 0.598. The van der Waals surface area contributed by atoms with Gasteiger partial charge in [0.15, 0.2) is 6.61 Å². The molecule has 0 spiro atoms. The Morgan fingerprint density at radius 1 is 1.06 bits per heavy atom. The number of amides is 1. The lowest BCUT2D eigenvalue weighted by Gasteiger charge is -2.28. The summed E-state index contributed by atoms with van der Waals surface area (Å²) in [7, 11) is 1.67. The van der Waals surface area contributed by atoms with Gasteiger partial charge in [0.05, 0.1) is 13.2 Å². The van der Waals surface area contributed by atoms with E-state index in [9.17, 15) is 9.59 Å². The Hall–Kier alpha value is -2.86. The van der Waals surface area contributed by atoms with E-state index in [4.69, 9.17) is 9.47 Å². The molecule has 166 valence electrons. The fourth-order valence-electron chi connectivity index (χ4n) is 3.84. The minimum absolute atomic E-state index is 0.0301. The smallest absolute Gasteiger partial charge is 0.258 e. The van der Waals surface area contributed by atoms with Crippen LogP contribution >= 0.6 is 0 Å². The van der Waals surface area contributed by atoms with Crippen LogP contribution in [0.5, 0.6) is 11.5 Å². The summed E-state index contributed by atoms with van der Waals surface area (Å²) >= 11 is 0. The monoisotopic (exact) mass is 424 g/mol. The third-order valence-electron chi connectivity index (χ3n) is 5.61. The summed E-state index contributed by atoms with van der Waals surface area (Å²) in [5.74, 6) is 1.50. The van der Waals surface area contributed by atoms with Gasteiger partial charge in [0.25, 0.3) is 5.91 Å². The van der Waals surface area contributed by atoms with E-state index in [-0.39, 0.29) is 24.3 Å². The number of rotatable bonds is 11. The number of likely N-dealkylation sites (tertiary alicyclic amines) is 1. The fraction of sp³-hybridized carbons (Fsp3) is 0.440. The van der Waals surface area contributed by atoms with Crippen LogP contribution in [0.1, 0.15) is 43.4 Å². The number of carbonyl (C=O) groups excluding carboxylic acids is 2. The minimum atomic E-state index is -0.146. The lowest BCUT2D eigenvalue weighted by Crippen LogP contribution is -2.38. The zero-order valence-electron chi connectivity index (χ0n) is 18.4. The number of benzene rings is 2. The van der Waals surface area contributed by atoms with Gasteiger partial charge >= 0.3 is 0 Å². The summed E-state index contributed by atoms with van der Waals surface area (Å²) < 4.78 is 11.0. The van der Waals surface area contributed by atoms with Gasteiger partial charge in [0.1, 0.15) is 17.3 Å². The Morgan fingerprint density at radius 2 is 1.81 bits per heavy atom. The summed E-state index contributed by atoms with van der Waals surface area (Å²) in [6.45, 7) is 4.16. The van der Waals surface area contributed by atoms with Crippen molar-refractivity contribution in [2.45, 2.75) is 38.6 Å². The molecule has 0 bridgehead atoms. The Balaban J connectivity index is 1.51. The highest BCUT2D eigenvalue weighted by Crippen LogP contribution is 2.27. The average molecular weight is 425 g/mol. The molecule has 1 amide bonds. The molecule has 6 nitrogen and oxygen atoms in total. The van der Waals surface area contributed by atoms with Crippen molar-refractivity contribution in [1.82, 2.24) is 10.2 Å². The molecular weight excluding hydrogens is 392 g/mol. The number of methoxy groups -OCH3 is 1. The number of Topliss-reactive ketones (excluding diaryl/α,β-unsaturated/α-hetero) is 1. The van der Waals surface area contributed by atoms with Gasteiger partial charge in [0, 0.05) is 13.0 Å². The second-order valence-electron chi connectivity index (χ2n) is 7.97. The summed E-state index contributed by atoms with van der Waals surface area (Å²) in [6.07, 6.45) is 3.62. The number of nitrogens with one attached hydrogen (secondary N) is 1. The molecule has 1 heterocycles. The normalized spacial score (nSPS) is 14.8. The van der Waals surface area contributed by atoms with E-state index in [0.717, 1.165) is 36.4 Å². The minimum Gasteiger partial charge on any atom is -0.497 e. The molecule has 3 rings (SSSR count). The molecule has 2 aromatic rings. The van der Waals surface area contributed by atoms with Gasteiger partial charge in [-0.2, -0.15) is 0 Å². The highest BCUT2D eigenvalue weighted by atomic mass is 16.5. The Labute approximate surface area is 184 Å². The zero-order chi connectivity index (χ0) is 22.1. The molecule has 2 aromatic carbocycles. The van der Waals surface area contributed by atoms with Gasteiger partial charge in [-0.3, -0.25) is 9.69 Å². The lowest BCUT2D eigenvalue weighted by atomic mass is 10.0. The van der Waals surface area contributed by atoms with E-state index < -0.39 is 0 Å². The molecule has 1 aliphatic heterocycles. The molecule has 1 fully saturated rings. The Morgan fingerprint density at radius 3 is 2.48 bits per heavy atom. The van der Waals surface area contributed by atoms with Crippen LogP contribution in [0.15, 0.2) is 48.5 Å². The molecule has 1 N–H and O–H groups in total. The van der Waals surface area contributed by atoms with Gasteiger partial charge < -0.3 is 19.6 Å². The predicted molar refractivity (Wildman–Crippen MR) is 120 cm³/mol. The molecule has 31 heavy (non-hydrogen) atoms. The van der Waals surface area contributed by atoms with Crippen LogP contribution in [0.3, 0.4) is 0 Å². The first-order valence-electron chi connectivity index (χ1n) is 10.9. The molecule has 0 aliphatic carbocycles. The zero-order valence-corrected chi connectivity index (χ0v) is 18.4. The molecule has 0 aromatic heterocycles. The number of hydrogen-bond acceptors (Lipinski definition) is 5. The van der Waals surface area contributed by atoms with Gasteiger partial charge in [0.2, 0.25) is 0 Å². The molecule has 6 heteroatoms. The van der Waals surface area contributed by atoms with E-state index in [2.05, 4.69) is 16.3 Å². The average Bonchev–Trinajstić information content (AvgIpc) is 3.32. The Bertz CT molecular complexity index is 860. The SMILES string of the molecule is COc1cccc(C(CNC(=O)COc2ccc(CCC(C)=O)cc2)N2CCCC2)c1. The van der Waals surface area contributed by atoms with Gasteiger partial charge in [-0.1, -0.05) is 24.3 Å². The number of nitrogens with zero attached hydrogens (tertiary/aromatic N) is 1. The third kappa shape index (κ3) is 7.10. The largest absolute Gasteiger partial charge is 0.497 e. The number of ketones is 1. The number of carbonyl (C=O) groups is 2. The first-order chi connectivity index (χ1) is 15.0. The van der Waals surface area contributed by atoms with E-state index in [1.807, 2.05) is 42.5 Å². The van der Waals surface area contributed by atoms with Crippen molar-refractivity contribution in [2.75, 3.05) is 33.4 Å². The van der Waals surface area contributed by atoms with Crippen molar-refractivity contribution in [3.63, 3.8) is 0 Å². The maximum absolute atomic E-state index is 12.4. The number of ether oxygens (including phenoxy) is 2. The van der Waals surface area contributed by atoms with Gasteiger partial charge in [-0.05, 0) is 74.7 Å². The first kappa shape index (κ1) is 22.8. The van der Waals surface area contributed by atoms with Crippen LogP contribution in [0, 0.1) is 0 Å². The molecule has 1 aliphatic rings. The number of hydrogen-bond donors (Lipinski definition) is 1. The second-order valence-corrected chi connectivity index (χ2v) is 7.97. The van der Waals surface area contributed by atoms with Crippen LogP contribution in [-0.2, 0) is 16.0 Å². The first-order valence-corrected chi connectivity index (χ1v) is 10.9. The molecule has 1 unspecified atom stereocenters. The van der Waals surface area contributed by atoms with Crippen molar-refractivity contribution in [1.29, 1.82) is 0 Å². The second kappa shape index (κ2) is 11.5. The molecule has 0 radical (unpaired) electrons. The van der Waals surface area contributed by atoms with Crippen molar-refractivity contribution in [2.24, 2.45) is 0 Å². The molecular formula is C25H32N2O4. The van der Waals surface area contributed by atoms with Crippen LogP contribution in [0.25, 0.3) is 0 Å². The van der Waals surface area contributed by atoms with Gasteiger partial charge in [-0.25, -0.2) is 0 Å². The summed E-state index contributed by atoms with van der Waals surface area (Å²) in [6, 6.07) is 15.7. The molecule has 1 atom stereocenters. The van der Waals surface area contributed by atoms with Crippen LogP contribution in [-0.4, -0.2) is 49.9 Å². The van der Waals surface area contributed by atoms with E-state index in [1.165, 1.54) is 12.8 Å². The van der Waals surface area contributed by atoms with E-state index >= 15 is 0 Å². The Kier molecular flexibility index (Phi) is 8.47. The van der Waals surface area contributed by atoms with Crippen LogP contribution < -0.4 is 14.8 Å². The topological polar surface area (TPSA) is 67.9 Å². The van der Waals surface area contributed by atoms with E-state index in [0.29, 0.717) is 18.7 Å². The van der Waals surface area contributed by atoms with Crippen LogP contribution in [0.4, 0.5) is 0 Å². The maximum atomic E-state index is 12.4. The van der Waals surface area contributed by atoms with Crippen molar-refractivity contribution >= 4 is 11.7 Å². The lowest BCUT2D eigenvalue weighted by molar-refractivity contribution is -0.123. The van der Waals surface area contributed by atoms with Crippen LogP contribution in [0.2, 0.25) is 0 Å². The van der Waals surface area contributed by atoms with Crippen molar-refractivity contribution < 1.29 is 19.1 Å². The summed E-state index contributed by atoms with van der Waals surface area (Å²) in [5.41, 5.74) is 2.22.